The second kappa shape index (κ2) is 8.18. The molecule has 136 valence electrons. The highest BCUT2D eigenvalue weighted by Gasteiger charge is 2.06. The third-order valence-corrected chi connectivity index (χ3v) is 4.51. The lowest BCUT2D eigenvalue weighted by Gasteiger charge is -2.06. The maximum absolute atomic E-state index is 12.3. The van der Waals surface area contributed by atoms with Crippen molar-refractivity contribution in [3.63, 3.8) is 0 Å². The molecule has 0 saturated carbocycles. The van der Waals surface area contributed by atoms with Gasteiger partial charge in [0.1, 0.15) is 5.75 Å². The number of carbonyl (C=O) groups is 1. The lowest BCUT2D eigenvalue weighted by molar-refractivity contribution is 0.102. The van der Waals surface area contributed by atoms with E-state index in [0.29, 0.717) is 16.8 Å². The largest absolute Gasteiger partial charge is 0.507 e. The third kappa shape index (κ3) is 4.83. The van der Waals surface area contributed by atoms with Crippen LogP contribution >= 0.6 is 15.9 Å². The molecule has 2 N–H and O–H groups in total. The van der Waals surface area contributed by atoms with Gasteiger partial charge in [0, 0.05) is 27.5 Å². The number of halogens is 1. The van der Waals surface area contributed by atoms with E-state index in [1.54, 1.807) is 24.4 Å². The summed E-state index contributed by atoms with van der Waals surface area (Å²) in [5.41, 5.74) is 4.50. The molecule has 0 radical (unpaired) electrons. The smallest absolute Gasteiger partial charge is 0.255 e. The Labute approximate surface area is 166 Å². The Morgan fingerprint density at radius 2 is 1.81 bits per heavy atom. The molecule has 0 bridgehead atoms. The van der Waals surface area contributed by atoms with Crippen LogP contribution in [-0.2, 0) is 0 Å². The zero-order chi connectivity index (χ0) is 19.4. The number of hydrogen-bond acceptors (Lipinski definition) is 3. The zero-order valence-electron chi connectivity index (χ0n) is 15.0. The van der Waals surface area contributed by atoms with Gasteiger partial charge >= 0.3 is 0 Å². The molecule has 0 aliphatic heterocycles. The number of aromatic hydroxyl groups is 1. The average Bonchev–Trinajstić information content (AvgIpc) is 2.64. The Morgan fingerprint density at radius 3 is 2.52 bits per heavy atom. The quantitative estimate of drug-likeness (QED) is 0.523. The molecule has 1 amide bonds. The fourth-order valence-corrected chi connectivity index (χ4v) is 3.21. The first-order chi connectivity index (χ1) is 12.9. The van der Waals surface area contributed by atoms with Gasteiger partial charge in [0.2, 0.25) is 0 Å². The van der Waals surface area contributed by atoms with E-state index in [4.69, 9.17) is 0 Å². The van der Waals surface area contributed by atoms with Crippen molar-refractivity contribution < 1.29 is 9.90 Å². The summed E-state index contributed by atoms with van der Waals surface area (Å²) in [4.78, 5) is 16.7. The molecule has 0 unspecified atom stereocenters. The van der Waals surface area contributed by atoms with E-state index in [0.717, 1.165) is 21.3 Å². The number of phenolic OH excluding ortho intramolecular Hbond substituents is 1. The number of aryl methyl sites for hydroxylation is 2. The topological polar surface area (TPSA) is 61.7 Å². The summed E-state index contributed by atoms with van der Waals surface area (Å²) in [7, 11) is 0. The summed E-state index contributed by atoms with van der Waals surface area (Å²) in [5.74, 6) is 0.0634. The van der Waals surface area contributed by atoms with Gasteiger partial charge in [0.25, 0.3) is 5.91 Å². The summed E-state index contributed by atoms with van der Waals surface area (Å²) in [6.45, 7) is 3.79. The Morgan fingerprint density at radius 1 is 1.07 bits per heavy atom. The highest BCUT2D eigenvalue weighted by Crippen LogP contribution is 2.26. The molecule has 0 aliphatic rings. The van der Waals surface area contributed by atoms with E-state index in [9.17, 15) is 9.90 Å². The van der Waals surface area contributed by atoms with Crippen LogP contribution in [0.4, 0.5) is 11.4 Å². The minimum atomic E-state index is -0.149. The van der Waals surface area contributed by atoms with Crippen LogP contribution in [0.3, 0.4) is 0 Å². The van der Waals surface area contributed by atoms with Crippen molar-refractivity contribution >= 4 is 39.4 Å². The van der Waals surface area contributed by atoms with E-state index in [1.165, 1.54) is 0 Å². The predicted molar refractivity (Wildman–Crippen MR) is 113 cm³/mol. The molecule has 0 spiro atoms. The fraction of sp³-hybridized carbons (Fsp3) is 0.0909. The van der Waals surface area contributed by atoms with Gasteiger partial charge in [0.15, 0.2) is 0 Å². The molecule has 3 aromatic rings. The van der Waals surface area contributed by atoms with Gasteiger partial charge in [0.05, 0.1) is 5.69 Å². The van der Waals surface area contributed by atoms with Crippen molar-refractivity contribution in [1.29, 1.82) is 0 Å². The van der Waals surface area contributed by atoms with E-state index in [2.05, 4.69) is 26.2 Å². The second-order valence-electron chi connectivity index (χ2n) is 6.29. The Bertz CT molecular complexity index is 1010. The number of hydrogen-bond donors (Lipinski definition) is 2. The molecule has 0 saturated heterocycles. The van der Waals surface area contributed by atoms with E-state index < -0.39 is 0 Å². The highest BCUT2D eigenvalue weighted by molar-refractivity contribution is 9.10. The molecule has 3 aromatic carbocycles. The molecule has 0 heterocycles. The Kier molecular flexibility index (Phi) is 5.72. The lowest BCUT2D eigenvalue weighted by Crippen LogP contribution is -2.11. The minimum Gasteiger partial charge on any atom is -0.507 e. The summed E-state index contributed by atoms with van der Waals surface area (Å²) in [5, 5.41) is 13.0. The van der Waals surface area contributed by atoms with Gasteiger partial charge in [-0.25, -0.2) is 0 Å². The summed E-state index contributed by atoms with van der Waals surface area (Å²) < 4.78 is 0.883. The molecular weight excluding hydrogens is 404 g/mol. The van der Waals surface area contributed by atoms with Crippen LogP contribution in [0.1, 0.15) is 27.0 Å². The molecular formula is C22H19BrN2O2. The Hall–Kier alpha value is -2.92. The first kappa shape index (κ1) is 18.9. The standard InChI is InChI=1S/C22H19BrN2O2/c1-14-4-3-5-16(10-14)22(27)25-20-8-6-19(7-9-20)24-13-17-12-18(23)11-15(2)21(17)26/h3-13,26H,1-2H3,(H,25,27). The highest BCUT2D eigenvalue weighted by atomic mass is 79.9. The van der Waals surface area contributed by atoms with Gasteiger partial charge in [-0.1, -0.05) is 33.6 Å². The summed E-state index contributed by atoms with van der Waals surface area (Å²) in [6.07, 6.45) is 1.62. The van der Waals surface area contributed by atoms with Crippen LogP contribution in [0.25, 0.3) is 0 Å². The van der Waals surface area contributed by atoms with Crippen molar-refractivity contribution in [1.82, 2.24) is 0 Å². The fourth-order valence-electron chi connectivity index (χ4n) is 2.62. The molecule has 0 fully saturated rings. The Balaban J connectivity index is 1.71. The van der Waals surface area contributed by atoms with Crippen molar-refractivity contribution in [3.8, 4) is 5.75 Å². The molecule has 5 heteroatoms. The van der Waals surface area contributed by atoms with Crippen molar-refractivity contribution in [2.45, 2.75) is 13.8 Å². The van der Waals surface area contributed by atoms with E-state index in [-0.39, 0.29) is 11.7 Å². The average molecular weight is 423 g/mol. The third-order valence-electron chi connectivity index (χ3n) is 4.05. The van der Waals surface area contributed by atoms with Crippen molar-refractivity contribution in [3.05, 3.63) is 87.4 Å². The number of amides is 1. The van der Waals surface area contributed by atoms with Gasteiger partial charge in [-0.3, -0.25) is 9.79 Å². The zero-order valence-corrected chi connectivity index (χ0v) is 16.6. The van der Waals surface area contributed by atoms with Crippen molar-refractivity contribution in [2.24, 2.45) is 4.99 Å². The molecule has 3 rings (SSSR count). The van der Waals surface area contributed by atoms with Gasteiger partial charge in [-0.05, 0) is 67.9 Å². The first-order valence-electron chi connectivity index (χ1n) is 8.43. The maximum atomic E-state index is 12.3. The molecule has 4 nitrogen and oxygen atoms in total. The molecule has 27 heavy (non-hydrogen) atoms. The maximum Gasteiger partial charge on any atom is 0.255 e. The number of nitrogens with zero attached hydrogens (tertiary/aromatic N) is 1. The normalized spacial score (nSPS) is 10.9. The van der Waals surface area contributed by atoms with Crippen LogP contribution in [0.15, 0.2) is 70.1 Å². The second-order valence-corrected chi connectivity index (χ2v) is 7.20. The monoisotopic (exact) mass is 422 g/mol. The number of rotatable bonds is 4. The number of anilines is 1. The van der Waals surface area contributed by atoms with E-state index in [1.807, 2.05) is 56.3 Å². The van der Waals surface area contributed by atoms with Gasteiger partial charge < -0.3 is 10.4 Å². The number of carbonyl (C=O) groups excluding carboxylic acids is 1. The van der Waals surface area contributed by atoms with Gasteiger partial charge in [-0.2, -0.15) is 0 Å². The van der Waals surface area contributed by atoms with Crippen molar-refractivity contribution in [2.75, 3.05) is 5.32 Å². The molecule has 0 aliphatic carbocycles. The van der Waals surface area contributed by atoms with Crippen LogP contribution in [0.5, 0.6) is 5.75 Å². The van der Waals surface area contributed by atoms with Crippen LogP contribution in [0, 0.1) is 13.8 Å². The predicted octanol–water partition coefficient (Wildman–Crippen LogP) is 5.77. The molecule has 0 aromatic heterocycles. The van der Waals surface area contributed by atoms with Crippen LogP contribution < -0.4 is 5.32 Å². The minimum absolute atomic E-state index is 0.149. The SMILES string of the molecule is Cc1cccc(C(=O)Nc2ccc(N=Cc3cc(Br)cc(C)c3O)cc2)c1. The first-order valence-corrected chi connectivity index (χ1v) is 9.23. The van der Waals surface area contributed by atoms with Gasteiger partial charge in [-0.15, -0.1) is 0 Å². The number of benzene rings is 3. The molecule has 0 atom stereocenters. The van der Waals surface area contributed by atoms with E-state index >= 15 is 0 Å². The van der Waals surface area contributed by atoms with Crippen LogP contribution in [-0.4, -0.2) is 17.2 Å². The number of aliphatic imine (C=N–C) groups is 1. The summed E-state index contributed by atoms with van der Waals surface area (Å²) >= 11 is 3.42. The summed E-state index contributed by atoms with van der Waals surface area (Å²) in [6, 6.07) is 18.3. The number of phenols is 1. The van der Waals surface area contributed by atoms with Crippen LogP contribution in [0.2, 0.25) is 0 Å². The lowest BCUT2D eigenvalue weighted by atomic mass is 10.1. The number of nitrogens with one attached hydrogen (secondary N) is 1.